The van der Waals surface area contributed by atoms with Crippen LogP contribution >= 0.6 is 0 Å². The highest BCUT2D eigenvalue weighted by atomic mass is 16.5. The van der Waals surface area contributed by atoms with Gasteiger partial charge in [0.05, 0.1) is 36.8 Å². The Balaban J connectivity index is 1.49. The molecule has 33 heavy (non-hydrogen) atoms. The smallest absolute Gasteiger partial charge is 0.257 e. The number of hydrogen-bond donors (Lipinski definition) is 3. The maximum absolute atomic E-state index is 12.4. The second-order valence-electron chi connectivity index (χ2n) is 7.36. The van der Waals surface area contributed by atoms with Gasteiger partial charge in [0.15, 0.2) is 11.5 Å². The zero-order valence-electron chi connectivity index (χ0n) is 18.2. The van der Waals surface area contributed by atoms with E-state index >= 15 is 0 Å². The molecule has 0 saturated carbocycles. The molecule has 0 fully saturated rings. The van der Waals surface area contributed by atoms with Crippen LogP contribution in [0.4, 0.5) is 11.5 Å². The molecule has 8 heteroatoms. The Hall–Kier alpha value is -4.46. The second kappa shape index (κ2) is 9.78. The number of ether oxygens (including phenoxy) is 1. The first-order valence-electron chi connectivity index (χ1n) is 10.3. The molecule has 8 nitrogen and oxygen atoms in total. The van der Waals surface area contributed by atoms with Gasteiger partial charge in [-0.25, -0.2) is 4.98 Å². The lowest BCUT2D eigenvalue weighted by Crippen LogP contribution is -2.13. The van der Waals surface area contributed by atoms with Crippen molar-refractivity contribution in [2.24, 2.45) is 0 Å². The maximum atomic E-state index is 12.4. The van der Waals surface area contributed by atoms with Gasteiger partial charge in [-0.3, -0.25) is 14.8 Å². The Morgan fingerprint density at radius 2 is 1.91 bits per heavy atom. The third-order valence-corrected chi connectivity index (χ3v) is 5.04. The zero-order chi connectivity index (χ0) is 23.2. The lowest BCUT2D eigenvalue weighted by Gasteiger charge is -2.16. The summed E-state index contributed by atoms with van der Waals surface area (Å²) in [4.78, 5) is 25.3. The minimum Gasteiger partial charge on any atom is -0.504 e. The molecular formula is C25H23N5O3. The number of phenolic OH excluding ortho intramolecular Hbond substituents is 1. The fourth-order valence-corrected chi connectivity index (χ4v) is 3.30. The summed E-state index contributed by atoms with van der Waals surface area (Å²) >= 11 is 0. The normalized spacial score (nSPS) is 11.5. The van der Waals surface area contributed by atoms with Crippen LogP contribution in [0, 0.1) is 0 Å². The second-order valence-corrected chi connectivity index (χ2v) is 7.36. The van der Waals surface area contributed by atoms with Crippen LogP contribution in [0.2, 0.25) is 0 Å². The Kier molecular flexibility index (Phi) is 6.45. The summed E-state index contributed by atoms with van der Waals surface area (Å²) in [5, 5.41) is 16.1. The topological polar surface area (TPSA) is 109 Å². The van der Waals surface area contributed by atoms with Crippen molar-refractivity contribution in [2.45, 2.75) is 13.0 Å². The Labute approximate surface area is 191 Å². The molecular weight excluding hydrogens is 418 g/mol. The third kappa shape index (κ3) is 5.24. The molecule has 2 aromatic carbocycles. The van der Waals surface area contributed by atoms with Gasteiger partial charge in [0, 0.05) is 23.6 Å². The quantitative estimate of drug-likeness (QED) is 0.382. The molecule has 1 amide bonds. The molecule has 3 N–H and O–H groups in total. The zero-order valence-corrected chi connectivity index (χ0v) is 18.2. The molecule has 1 atom stereocenters. The fourth-order valence-electron chi connectivity index (χ4n) is 3.30. The third-order valence-electron chi connectivity index (χ3n) is 5.04. The number of nitrogens with zero attached hydrogens (tertiary/aromatic N) is 3. The van der Waals surface area contributed by atoms with Gasteiger partial charge in [0.1, 0.15) is 5.82 Å². The average molecular weight is 441 g/mol. The van der Waals surface area contributed by atoms with Gasteiger partial charge < -0.3 is 20.5 Å². The van der Waals surface area contributed by atoms with Gasteiger partial charge in [0.2, 0.25) is 0 Å². The van der Waals surface area contributed by atoms with E-state index in [1.165, 1.54) is 13.3 Å². The van der Waals surface area contributed by atoms with Crippen LogP contribution in [0.1, 0.15) is 28.9 Å². The first-order valence-corrected chi connectivity index (χ1v) is 10.3. The number of phenols is 1. The van der Waals surface area contributed by atoms with Crippen molar-refractivity contribution in [1.29, 1.82) is 0 Å². The van der Waals surface area contributed by atoms with E-state index in [1.54, 1.807) is 48.9 Å². The summed E-state index contributed by atoms with van der Waals surface area (Å²) in [6.07, 6.45) is 6.45. The number of rotatable bonds is 7. The number of aromatic nitrogens is 3. The lowest BCUT2D eigenvalue weighted by atomic mass is 10.1. The van der Waals surface area contributed by atoms with Gasteiger partial charge in [-0.2, -0.15) is 0 Å². The Morgan fingerprint density at radius 3 is 2.70 bits per heavy atom. The number of hydrogen-bond acceptors (Lipinski definition) is 7. The van der Waals surface area contributed by atoms with Crippen molar-refractivity contribution in [3.63, 3.8) is 0 Å². The van der Waals surface area contributed by atoms with Crippen molar-refractivity contribution in [2.75, 3.05) is 17.7 Å². The number of carbonyl (C=O) groups excluding carboxylic acids is 1. The van der Waals surface area contributed by atoms with E-state index in [-0.39, 0.29) is 17.7 Å². The van der Waals surface area contributed by atoms with E-state index in [4.69, 9.17) is 4.74 Å². The monoisotopic (exact) mass is 441 g/mol. The first kappa shape index (κ1) is 21.8. The maximum Gasteiger partial charge on any atom is 0.257 e. The van der Waals surface area contributed by atoms with E-state index in [9.17, 15) is 9.90 Å². The van der Waals surface area contributed by atoms with Crippen LogP contribution < -0.4 is 15.4 Å². The van der Waals surface area contributed by atoms with Crippen molar-refractivity contribution in [1.82, 2.24) is 15.0 Å². The number of aromatic hydroxyl groups is 1. The van der Waals surface area contributed by atoms with Crippen LogP contribution in [0.15, 0.2) is 79.4 Å². The van der Waals surface area contributed by atoms with Gasteiger partial charge >= 0.3 is 0 Å². The van der Waals surface area contributed by atoms with Crippen LogP contribution in [-0.4, -0.2) is 33.1 Å². The van der Waals surface area contributed by atoms with Gasteiger partial charge in [-0.15, -0.1) is 0 Å². The summed E-state index contributed by atoms with van der Waals surface area (Å²) in [6.45, 7) is 2.00. The number of nitrogens with one attached hydrogen (secondary N) is 2. The number of amides is 1. The molecule has 166 valence electrons. The molecule has 0 saturated heterocycles. The summed E-state index contributed by atoms with van der Waals surface area (Å²) < 4.78 is 5.18. The Bertz CT molecular complexity index is 1260. The predicted octanol–water partition coefficient (Wildman–Crippen LogP) is 4.68. The Morgan fingerprint density at radius 1 is 1.03 bits per heavy atom. The average Bonchev–Trinajstić information content (AvgIpc) is 2.85. The minimum absolute atomic E-state index is 0.0626. The summed E-state index contributed by atoms with van der Waals surface area (Å²) in [5.74, 6) is 0.805. The number of benzene rings is 2. The van der Waals surface area contributed by atoms with Crippen LogP contribution in [-0.2, 0) is 0 Å². The van der Waals surface area contributed by atoms with E-state index in [0.717, 1.165) is 11.1 Å². The number of carbonyl (C=O) groups is 1. The fraction of sp³-hybridized carbons (Fsp3) is 0.120. The molecule has 2 heterocycles. The number of pyridine rings is 1. The molecule has 0 radical (unpaired) electrons. The van der Waals surface area contributed by atoms with Crippen molar-refractivity contribution >= 4 is 17.4 Å². The van der Waals surface area contributed by atoms with Crippen LogP contribution in [0.5, 0.6) is 11.5 Å². The van der Waals surface area contributed by atoms with Gasteiger partial charge in [0.25, 0.3) is 5.91 Å². The minimum atomic E-state index is -0.219. The van der Waals surface area contributed by atoms with Crippen molar-refractivity contribution < 1.29 is 14.6 Å². The number of methoxy groups -OCH3 is 1. The molecule has 4 rings (SSSR count). The summed E-state index contributed by atoms with van der Waals surface area (Å²) in [6, 6.07) is 16.0. The van der Waals surface area contributed by atoms with E-state index in [0.29, 0.717) is 28.5 Å². The SMILES string of the molecule is COc1cc(-c2cncc(N[C@H](C)c3cccc(NC(=O)c4cccnc4)c3)n2)ccc1O. The van der Waals surface area contributed by atoms with E-state index in [2.05, 4.69) is 25.6 Å². The highest BCUT2D eigenvalue weighted by molar-refractivity contribution is 6.04. The molecule has 4 aromatic rings. The van der Waals surface area contributed by atoms with Gasteiger partial charge in [-0.05, 0) is 55.0 Å². The standard InChI is InChI=1S/C25H23N5O3/c1-16(17-5-3-7-20(11-17)29-25(32)19-6-4-10-26-13-19)28-24-15-27-14-21(30-24)18-8-9-22(31)23(12-18)33-2/h3-16,31H,1-2H3,(H,28,30)(H,29,32)/t16-/m1/s1. The largest absolute Gasteiger partial charge is 0.504 e. The van der Waals surface area contributed by atoms with Crippen LogP contribution in [0.3, 0.4) is 0 Å². The summed E-state index contributed by atoms with van der Waals surface area (Å²) in [7, 11) is 1.50. The van der Waals surface area contributed by atoms with E-state index in [1.807, 2.05) is 31.2 Å². The molecule has 0 aliphatic rings. The molecule has 0 bridgehead atoms. The number of anilines is 2. The van der Waals surface area contributed by atoms with Crippen molar-refractivity contribution in [3.8, 4) is 22.8 Å². The first-order chi connectivity index (χ1) is 16.0. The predicted molar refractivity (Wildman–Crippen MR) is 126 cm³/mol. The molecule has 0 unspecified atom stereocenters. The molecule has 0 aliphatic heterocycles. The molecule has 0 spiro atoms. The molecule has 2 aromatic heterocycles. The van der Waals surface area contributed by atoms with Crippen molar-refractivity contribution in [3.05, 3.63) is 90.5 Å². The highest BCUT2D eigenvalue weighted by Crippen LogP contribution is 2.31. The lowest BCUT2D eigenvalue weighted by molar-refractivity contribution is 0.102. The van der Waals surface area contributed by atoms with E-state index < -0.39 is 0 Å². The summed E-state index contributed by atoms with van der Waals surface area (Å²) in [5.41, 5.74) is 3.56. The van der Waals surface area contributed by atoms with Gasteiger partial charge in [-0.1, -0.05) is 12.1 Å². The highest BCUT2D eigenvalue weighted by Gasteiger charge is 2.12. The molecule has 0 aliphatic carbocycles. The van der Waals surface area contributed by atoms with Crippen LogP contribution in [0.25, 0.3) is 11.3 Å².